The number of carbonyl (C=O) groups excluding carboxylic acids is 1. The zero-order valence-corrected chi connectivity index (χ0v) is 21.9. The molecule has 0 amide bonds. The third-order valence-corrected chi connectivity index (χ3v) is 6.67. The van der Waals surface area contributed by atoms with E-state index in [1.54, 1.807) is 7.11 Å². The van der Waals surface area contributed by atoms with E-state index in [-0.39, 0.29) is 18.2 Å². The predicted octanol–water partition coefficient (Wildman–Crippen LogP) is 4.05. The van der Waals surface area contributed by atoms with Gasteiger partial charge in [-0.15, -0.1) is 0 Å². The Kier molecular flexibility index (Phi) is 8.04. The number of anilines is 2. The number of nitrogens with zero attached hydrogens (tertiary/aromatic N) is 4. The van der Waals surface area contributed by atoms with Crippen molar-refractivity contribution < 1.29 is 19.0 Å². The highest BCUT2D eigenvalue weighted by atomic mass is 79.9. The summed E-state index contributed by atoms with van der Waals surface area (Å²) in [7, 11) is 4.97. The van der Waals surface area contributed by atoms with Gasteiger partial charge in [0.15, 0.2) is 17.7 Å². The van der Waals surface area contributed by atoms with Crippen molar-refractivity contribution in [3.63, 3.8) is 0 Å². The Balaban J connectivity index is 1.60. The first kappa shape index (κ1) is 25.2. The molecule has 1 saturated heterocycles. The summed E-state index contributed by atoms with van der Waals surface area (Å²) < 4.78 is 18.1. The Morgan fingerprint density at radius 1 is 1.20 bits per heavy atom. The number of piperazine rings is 1. The van der Waals surface area contributed by atoms with Crippen molar-refractivity contribution in [1.29, 1.82) is 0 Å². The van der Waals surface area contributed by atoms with Gasteiger partial charge < -0.3 is 19.5 Å². The van der Waals surface area contributed by atoms with Crippen LogP contribution in [0.5, 0.6) is 11.5 Å². The molecule has 2 heterocycles. The number of benzene rings is 2. The molecule has 2 unspecified atom stereocenters. The number of aromatic nitrogens is 2. The number of rotatable bonds is 8. The van der Waals surface area contributed by atoms with E-state index >= 15 is 0 Å². The lowest BCUT2D eigenvalue weighted by Crippen LogP contribution is -2.58. The molecule has 3 aromatic rings. The highest BCUT2D eigenvalue weighted by molar-refractivity contribution is 9.10. The van der Waals surface area contributed by atoms with Crippen molar-refractivity contribution in [2.45, 2.75) is 25.6 Å². The summed E-state index contributed by atoms with van der Waals surface area (Å²) in [5.41, 5.74) is 1.63. The molecule has 2 atom stereocenters. The number of likely N-dealkylation sites (N-methyl/N-ethyl adjacent to an activating group) is 1. The molecule has 1 fully saturated rings. The van der Waals surface area contributed by atoms with E-state index in [4.69, 9.17) is 14.2 Å². The van der Waals surface area contributed by atoms with Gasteiger partial charge in [0.1, 0.15) is 18.2 Å². The van der Waals surface area contributed by atoms with Gasteiger partial charge in [0.25, 0.3) is 0 Å². The third kappa shape index (κ3) is 5.66. The van der Waals surface area contributed by atoms with Gasteiger partial charge in [0.2, 0.25) is 0 Å². The maximum atomic E-state index is 12.2. The van der Waals surface area contributed by atoms with Gasteiger partial charge in [-0.3, -0.25) is 14.6 Å². The molecular formula is C25H30BrN5O4. The van der Waals surface area contributed by atoms with E-state index in [9.17, 15) is 4.79 Å². The molecule has 35 heavy (non-hydrogen) atoms. The van der Waals surface area contributed by atoms with Crippen LogP contribution in [0, 0.1) is 0 Å². The summed E-state index contributed by atoms with van der Waals surface area (Å²) in [5, 5.41) is 4.17. The quantitative estimate of drug-likeness (QED) is 0.422. The maximum Gasteiger partial charge on any atom is 0.324 e. The zero-order chi connectivity index (χ0) is 24.9. The molecule has 10 heteroatoms. The minimum absolute atomic E-state index is 0.233. The number of halogens is 1. The van der Waals surface area contributed by atoms with Gasteiger partial charge in [-0.05, 0) is 37.7 Å². The summed E-state index contributed by atoms with van der Waals surface area (Å²) in [6.07, 6.45) is 2.03. The molecule has 0 aliphatic carbocycles. The minimum Gasteiger partial charge on any atom is -0.493 e. The lowest BCUT2D eigenvalue weighted by molar-refractivity contribution is -0.150. The minimum atomic E-state index is -0.329. The number of nitrogens with one attached hydrogen (secondary N) is 1. The number of ether oxygens (including phenoxy) is 3. The number of hydrogen-bond donors (Lipinski definition) is 1. The Labute approximate surface area is 213 Å². The second kappa shape index (κ2) is 11.2. The van der Waals surface area contributed by atoms with Crippen LogP contribution >= 0.6 is 15.9 Å². The first-order valence-electron chi connectivity index (χ1n) is 11.5. The van der Waals surface area contributed by atoms with Gasteiger partial charge >= 0.3 is 5.97 Å². The Hall–Kier alpha value is -2.95. The van der Waals surface area contributed by atoms with Crippen LogP contribution in [0.2, 0.25) is 0 Å². The summed E-state index contributed by atoms with van der Waals surface area (Å²) in [5.74, 6) is 1.61. The molecule has 0 spiro atoms. The van der Waals surface area contributed by atoms with E-state index in [0.29, 0.717) is 23.9 Å². The second-order valence-electron chi connectivity index (χ2n) is 8.37. The summed E-state index contributed by atoms with van der Waals surface area (Å²) in [6.45, 7) is 4.11. The Morgan fingerprint density at radius 3 is 2.74 bits per heavy atom. The first-order valence-corrected chi connectivity index (χ1v) is 12.3. The standard InChI is InChI=1S/C25H30BrN5O4/c1-5-23(31-10-9-30(2)20(14-31)25(32)34-4)35-22-13-19-18(12-21(22)33-3)24(28-15-27-19)29-17-8-6-7-16(26)11-17/h6-8,11-13,15,20,23H,5,9-10,14H2,1-4H3,(H,27,28,29). The Morgan fingerprint density at radius 2 is 2.03 bits per heavy atom. The van der Waals surface area contributed by atoms with E-state index < -0.39 is 0 Å². The average Bonchev–Trinajstić information content (AvgIpc) is 2.87. The normalized spacial score (nSPS) is 17.7. The molecule has 2 aromatic carbocycles. The molecule has 0 saturated carbocycles. The molecule has 9 nitrogen and oxygen atoms in total. The van der Waals surface area contributed by atoms with Crippen LogP contribution in [0.1, 0.15) is 13.3 Å². The molecular weight excluding hydrogens is 514 g/mol. The van der Waals surface area contributed by atoms with Crippen molar-refractivity contribution >= 4 is 44.3 Å². The van der Waals surface area contributed by atoms with Gasteiger partial charge in [-0.25, -0.2) is 9.97 Å². The van der Waals surface area contributed by atoms with Crippen LogP contribution in [0.15, 0.2) is 47.2 Å². The van der Waals surface area contributed by atoms with Crippen LogP contribution in [0.3, 0.4) is 0 Å². The molecule has 1 aliphatic heterocycles. The van der Waals surface area contributed by atoms with E-state index in [1.165, 1.54) is 13.4 Å². The molecule has 0 bridgehead atoms. The molecule has 1 aromatic heterocycles. The predicted molar refractivity (Wildman–Crippen MR) is 138 cm³/mol. The number of fused-ring (bicyclic) bond motifs is 1. The van der Waals surface area contributed by atoms with Crippen LogP contribution < -0.4 is 14.8 Å². The fraction of sp³-hybridized carbons (Fsp3) is 0.400. The van der Waals surface area contributed by atoms with Gasteiger partial charge in [0, 0.05) is 41.2 Å². The fourth-order valence-corrected chi connectivity index (χ4v) is 4.63. The number of esters is 1. The summed E-state index contributed by atoms with van der Waals surface area (Å²) in [6, 6.07) is 11.3. The van der Waals surface area contributed by atoms with Crippen LogP contribution in [0.25, 0.3) is 10.9 Å². The van der Waals surface area contributed by atoms with Crippen LogP contribution in [-0.2, 0) is 9.53 Å². The van der Waals surface area contributed by atoms with Crippen molar-refractivity contribution in [2.75, 3.05) is 46.2 Å². The number of hydrogen-bond acceptors (Lipinski definition) is 9. The third-order valence-electron chi connectivity index (χ3n) is 6.18. The van der Waals surface area contributed by atoms with E-state index in [2.05, 4.69) is 43.0 Å². The van der Waals surface area contributed by atoms with Gasteiger partial charge in [0.05, 0.1) is 19.7 Å². The Bertz CT molecular complexity index is 1190. The van der Waals surface area contributed by atoms with Crippen molar-refractivity contribution in [3.05, 3.63) is 47.2 Å². The maximum absolute atomic E-state index is 12.2. The summed E-state index contributed by atoms with van der Waals surface area (Å²) in [4.78, 5) is 25.3. The zero-order valence-electron chi connectivity index (χ0n) is 20.3. The highest BCUT2D eigenvalue weighted by Gasteiger charge is 2.34. The fourth-order valence-electron chi connectivity index (χ4n) is 4.23. The molecule has 0 radical (unpaired) electrons. The van der Waals surface area contributed by atoms with Crippen molar-refractivity contribution in [1.82, 2.24) is 19.8 Å². The van der Waals surface area contributed by atoms with Crippen molar-refractivity contribution in [2.24, 2.45) is 0 Å². The first-order chi connectivity index (χ1) is 16.9. The topological polar surface area (TPSA) is 89.1 Å². The molecule has 1 aliphatic rings. The molecule has 186 valence electrons. The van der Waals surface area contributed by atoms with E-state index in [1.807, 2.05) is 48.3 Å². The molecule has 4 rings (SSSR count). The van der Waals surface area contributed by atoms with Gasteiger partial charge in [-0.2, -0.15) is 0 Å². The molecule has 1 N–H and O–H groups in total. The largest absolute Gasteiger partial charge is 0.493 e. The monoisotopic (exact) mass is 543 g/mol. The lowest BCUT2D eigenvalue weighted by Gasteiger charge is -2.41. The van der Waals surface area contributed by atoms with E-state index in [0.717, 1.165) is 40.6 Å². The highest BCUT2D eigenvalue weighted by Crippen LogP contribution is 2.36. The SMILES string of the molecule is CCC(Oc1cc2ncnc(Nc3cccc(Br)c3)c2cc1OC)N1CCN(C)C(C(=O)OC)C1. The average molecular weight is 544 g/mol. The lowest BCUT2D eigenvalue weighted by atomic mass is 10.1. The number of carbonyl (C=O) groups is 1. The smallest absolute Gasteiger partial charge is 0.324 e. The van der Waals surface area contributed by atoms with Gasteiger partial charge in [-0.1, -0.05) is 28.9 Å². The summed E-state index contributed by atoms with van der Waals surface area (Å²) >= 11 is 3.50. The van der Waals surface area contributed by atoms with Crippen molar-refractivity contribution in [3.8, 4) is 11.5 Å². The van der Waals surface area contributed by atoms with Crippen LogP contribution in [-0.4, -0.2) is 78.9 Å². The number of methoxy groups -OCH3 is 2. The van der Waals surface area contributed by atoms with Crippen LogP contribution in [0.4, 0.5) is 11.5 Å². The second-order valence-corrected chi connectivity index (χ2v) is 9.29.